The summed E-state index contributed by atoms with van der Waals surface area (Å²) < 4.78 is 11.1. The fraction of sp³-hybridized carbons (Fsp3) is 1.00. The summed E-state index contributed by atoms with van der Waals surface area (Å²) in [6.45, 7) is 3.34. The van der Waals surface area contributed by atoms with E-state index in [2.05, 4.69) is 4.90 Å². The maximum Gasteiger partial charge on any atom is 0.0645 e. The number of nitrogens with zero attached hydrogens (tertiary/aromatic N) is 1. The van der Waals surface area contributed by atoms with Gasteiger partial charge in [-0.2, -0.15) is 0 Å². The van der Waals surface area contributed by atoms with E-state index in [1.54, 1.807) is 0 Å². The van der Waals surface area contributed by atoms with Crippen LogP contribution in [0.3, 0.4) is 0 Å². The second-order valence-corrected chi connectivity index (χ2v) is 4.72. The van der Waals surface area contributed by atoms with Crippen LogP contribution in [0.15, 0.2) is 0 Å². The van der Waals surface area contributed by atoms with Crippen molar-refractivity contribution >= 4 is 0 Å². The quantitative estimate of drug-likeness (QED) is 0.621. The van der Waals surface area contributed by atoms with Crippen molar-refractivity contribution in [3.63, 3.8) is 0 Å². The molecule has 2 heterocycles. The van der Waals surface area contributed by atoms with Crippen molar-refractivity contribution in [3.05, 3.63) is 0 Å². The molecule has 0 radical (unpaired) electrons. The maximum atomic E-state index is 5.84. The van der Waals surface area contributed by atoms with Gasteiger partial charge in [0.15, 0.2) is 0 Å². The van der Waals surface area contributed by atoms with E-state index in [4.69, 9.17) is 15.2 Å². The van der Waals surface area contributed by atoms with E-state index in [0.717, 1.165) is 39.3 Å². The lowest BCUT2D eigenvalue weighted by Gasteiger charge is -2.53. The molecule has 80 valence electrons. The zero-order valence-corrected chi connectivity index (χ0v) is 8.39. The van der Waals surface area contributed by atoms with Crippen molar-refractivity contribution in [1.29, 1.82) is 0 Å². The van der Waals surface area contributed by atoms with Gasteiger partial charge in [0.1, 0.15) is 0 Å². The van der Waals surface area contributed by atoms with Gasteiger partial charge in [-0.15, -0.1) is 0 Å². The fourth-order valence-corrected chi connectivity index (χ4v) is 2.89. The summed E-state index contributed by atoms with van der Waals surface area (Å²) in [4.78, 5) is 2.61. The zero-order chi connectivity index (χ0) is 9.54. The molecule has 3 fully saturated rings. The highest BCUT2D eigenvalue weighted by Crippen LogP contribution is 2.31. The van der Waals surface area contributed by atoms with Crippen LogP contribution in [0.2, 0.25) is 0 Å². The molecule has 14 heavy (non-hydrogen) atoms. The zero-order valence-electron chi connectivity index (χ0n) is 8.39. The van der Waals surface area contributed by atoms with Gasteiger partial charge in [0.25, 0.3) is 0 Å². The lowest BCUT2D eigenvalue weighted by molar-refractivity contribution is -0.163. The number of morpholine rings is 2. The van der Waals surface area contributed by atoms with Crippen molar-refractivity contribution in [2.24, 2.45) is 5.73 Å². The largest absolute Gasteiger partial charge is 0.378 e. The first kappa shape index (κ1) is 9.09. The summed E-state index contributed by atoms with van der Waals surface area (Å²) in [6, 6.07) is 2.11. The molecule has 2 bridgehead atoms. The number of hydrogen-bond acceptors (Lipinski definition) is 4. The average Bonchev–Trinajstić information content (AvgIpc) is 2.12. The highest BCUT2D eigenvalue weighted by Gasteiger charge is 2.43. The minimum atomic E-state index is 0.435. The Labute approximate surface area is 84.3 Å². The van der Waals surface area contributed by atoms with Gasteiger partial charge in [-0.05, 0) is 12.8 Å². The third-order valence-corrected chi connectivity index (χ3v) is 3.66. The van der Waals surface area contributed by atoms with Crippen molar-refractivity contribution in [2.75, 3.05) is 26.4 Å². The van der Waals surface area contributed by atoms with Gasteiger partial charge in [-0.25, -0.2) is 0 Å². The van der Waals surface area contributed by atoms with E-state index < -0.39 is 0 Å². The number of rotatable bonds is 1. The van der Waals surface area contributed by atoms with Gasteiger partial charge in [-0.1, -0.05) is 0 Å². The molecule has 4 heteroatoms. The first-order valence-corrected chi connectivity index (χ1v) is 5.53. The minimum Gasteiger partial charge on any atom is -0.378 e. The van der Waals surface area contributed by atoms with Gasteiger partial charge in [0, 0.05) is 12.1 Å². The van der Waals surface area contributed by atoms with E-state index in [0.29, 0.717) is 24.2 Å². The van der Waals surface area contributed by atoms with Gasteiger partial charge < -0.3 is 15.2 Å². The molecule has 1 saturated carbocycles. The fourth-order valence-electron chi connectivity index (χ4n) is 2.89. The van der Waals surface area contributed by atoms with Crippen molar-refractivity contribution in [3.8, 4) is 0 Å². The molecule has 3 rings (SSSR count). The first-order valence-electron chi connectivity index (χ1n) is 5.53. The smallest absolute Gasteiger partial charge is 0.0645 e. The summed E-state index contributed by atoms with van der Waals surface area (Å²) >= 11 is 0. The maximum absolute atomic E-state index is 5.84. The SMILES string of the molecule is NC1CC(N2C3COCC2COC3)C1. The Morgan fingerprint density at radius 1 is 0.857 bits per heavy atom. The van der Waals surface area contributed by atoms with Crippen molar-refractivity contribution in [1.82, 2.24) is 4.90 Å². The van der Waals surface area contributed by atoms with Crippen LogP contribution in [-0.4, -0.2) is 55.5 Å². The summed E-state index contributed by atoms with van der Waals surface area (Å²) in [6.07, 6.45) is 2.32. The van der Waals surface area contributed by atoms with E-state index in [1.165, 1.54) is 0 Å². The van der Waals surface area contributed by atoms with Gasteiger partial charge in [0.05, 0.1) is 38.5 Å². The van der Waals surface area contributed by atoms with Crippen LogP contribution in [0.1, 0.15) is 12.8 Å². The Morgan fingerprint density at radius 2 is 1.36 bits per heavy atom. The summed E-state index contributed by atoms with van der Waals surface area (Å²) in [5.74, 6) is 0. The molecule has 3 aliphatic rings. The molecule has 2 saturated heterocycles. The molecule has 4 nitrogen and oxygen atoms in total. The summed E-state index contributed by atoms with van der Waals surface area (Å²) in [5, 5.41) is 0. The van der Waals surface area contributed by atoms with Crippen molar-refractivity contribution in [2.45, 2.75) is 37.0 Å². The lowest BCUT2D eigenvalue weighted by atomic mass is 9.84. The van der Waals surface area contributed by atoms with E-state index in [9.17, 15) is 0 Å². The minimum absolute atomic E-state index is 0.435. The summed E-state index contributed by atoms with van der Waals surface area (Å²) in [7, 11) is 0. The Hall–Kier alpha value is -0.160. The number of hydrogen-bond donors (Lipinski definition) is 1. The third kappa shape index (κ3) is 1.37. The molecule has 0 aromatic rings. The van der Waals surface area contributed by atoms with Crippen LogP contribution in [0.5, 0.6) is 0 Å². The highest BCUT2D eigenvalue weighted by molar-refractivity contribution is 4.98. The normalized spacial score (nSPS) is 48.6. The Bertz CT molecular complexity index is 196. The molecule has 2 N–H and O–H groups in total. The van der Waals surface area contributed by atoms with Gasteiger partial charge >= 0.3 is 0 Å². The predicted octanol–water partition coefficient (Wildman–Crippen LogP) is -0.424. The number of fused-ring (bicyclic) bond motifs is 2. The van der Waals surface area contributed by atoms with Crippen LogP contribution < -0.4 is 5.73 Å². The molecular formula is C10H18N2O2. The second kappa shape index (κ2) is 3.45. The lowest BCUT2D eigenvalue weighted by Crippen LogP contribution is -2.66. The molecule has 1 aliphatic carbocycles. The van der Waals surface area contributed by atoms with Gasteiger partial charge in [0.2, 0.25) is 0 Å². The standard InChI is InChI=1S/C10H18N2O2/c11-7-1-8(2-7)12-9-3-13-5-10(12)6-14-4-9/h7-10H,1-6,11H2. The molecule has 0 aromatic heterocycles. The van der Waals surface area contributed by atoms with Crippen LogP contribution in [0, 0.1) is 0 Å². The average molecular weight is 198 g/mol. The first-order chi connectivity index (χ1) is 6.84. The molecular weight excluding hydrogens is 180 g/mol. The number of nitrogens with two attached hydrogens (primary N) is 1. The molecule has 0 atom stereocenters. The topological polar surface area (TPSA) is 47.7 Å². The van der Waals surface area contributed by atoms with E-state index in [1.807, 2.05) is 0 Å². The molecule has 0 spiro atoms. The van der Waals surface area contributed by atoms with E-state index in [-0.39, 0.29) is 0 Å². The Balaban J connectivity index is 1.70. The number of ether oxygens (including phenoxy) is 2. The third-order valence-electron chi connectivity index (χ3n) is 3.66. The molecule has 0 aromatic carbocycles. The Kier molecular flexibility index (Phi) is 2.24. The van der Waals surface area contributed by atoms with E-state index >= 15 is 0 Å². The molecule has 0 amide bonds. The monoisotopic (exact) mass is 198 g/mol. The second-order valence-electron chi connectivity index (χ2n) is 4.72. The Morgan fingerprint density at radius 3 is 1.79 bits per heavy atom. The van der Waals surface area contributed by atoms with Crippen LogP contribution in [0.4, 0.5) is 0 Å². The van der Waals surface area contributed by atoms with Gasteiger partial charge in [-0.3, -0.25) is 4.90 Å². The van der Waals surface area contributed by atoms with Crippen molar-refractivity contribution < 1.29 is 9.47 Å². The van der Waals surface area contributed by atoms with Crippen LogP contribution in [-0.2, 0) is 9.47 Å². The summed E-state index contributed by atoms with van der Waals surface area (Å²) in [5.41, 5.74) is 5.84. The molecule has 2 aliphatic heterocycles. The highest BCUT2D eigenvalue weighted by atomic mass is 16.5. The predicted molar refractivity (Wildman–Crippen MR) is 52.1 cm³/mol. The molecule has 0 unspecified atom stereocenters. The van der Waals surface area contributed by atoms with Crippen LogP contribution in [0.25, 0.3) is 0 Å². The van der Waals surface area contributed by atoms with Crippen LogP contribution >= 0.6 is 0 Å².